The molecule has 2 heterocycles. The number of aromatic carboxylic acids is 2. The van der Waals surface area contributed by atoms with Gasteiger partial charge in [0.05, 0.1) is 11.8 Å². The predicted molar refractivity (Wildman–Crippen MR) is 53.1 cm³/mol. The summed E-state index contributed by atoms with van der Waals surface area (Å²) in [5.74, 6) is -4.01. The van der Waals surface area contributed by atoms with Gasteiger partial charge >= 0.3 is 11.9 Å². The zero-order valence-corrected chi connectivity index (χ0v) is 8.76. The molecule has 0 aromatic carbocycles. The summed E-state index contributed by atoms with van der Waals surface area (Å²) in [6, 6.07) is 1.38. The summed E-state index contributed by atoms with van der Waals surface area (Å²) in [4.78, 5) is 25.0. The van der Waals surface area contributed by atoms with Gasteiger partial charge in [0.1, 0.15) is 0 Å². The Kier molecular flexibility index (Phi) is 2.60. The third-order valence-electron chi connectivity index (χ3n) is 1.87. The highest BCUT2D eigenvalue weighted by Crippen LogP contribution is 2.29. The van der Waals surface area contributed by atoms with Gasteiger partial charge in [-0.05, 0) is 17.7 Å². The molecule has 2 aromatic rings. The van der Waals surface area contributed by atoms with Crippen LogP contribution in [0.5, 0.6) is 0 Å². The van der Waals surface area contributed by atoms with Crippen LogP contribution in [0.3, 0.4) is 0 Å². The Balaban J connectivity index is 2.59. The first kappa shape index (κ1) is 11.2. The first-order valence-electron chi connectivity index (χ1n) is 4.21. The molecule has 0 aliphatic rings. The number of oxazole rings is 1. The van der Waals surface area contributed by atoms with Crippen LogP contribution in [-0.4, -0.2) is 27.1 Å². The summed E-state index contributed by atoms with van der Waals surface area (Å²) in [5.41, 5.74) is -0.508. The van der Waals surface area contributed by atoms with Gasteiger partial charge in [-0.25, -0.2) is 14.6 Å². The SMILES string of the molecule is O=C(O)c1nc(-c2ccoc2Cl)oc1C(=O)O. The van der Waals surface area contributed by atoms with Crippen LogP contribution in [0, 0.1) is 0 Å². The van der Waals surface area contributed by atoms with Gasteiger partial charge in [-0.15, -0.1) is 0 Å². The number of furan rings is 1. The second kappa shape index (κ2) is 3.95. The summed E-state index contributed by atoms with van der Waals surface area (Å²) in [6.45, 7) is 0. The lowest BCUT2D eigenvalue weighted by Crippen LogP contribution is -2.05. The lowest BCUT2D eigenvalue weighted by molar-refractivity contribution is 0.0624. The molecule has 0 atom stereocenters. The lowest BCUT2D eigenvalue weighted by atomic mass is 10.3. The molecule has 7 nitrogen and oxygen atoms in total. The number of hydrogen-bond donors (Lipinski definition) is 2. The summed E-state index contributed by atoms with van der Waals surface area (Å²) >= 11 is 5.63. The van der Waals surface area contributed by atoms with E-state index in [1.165, 1.54) is 12.3 Å². The van der Waals surface area contributed by atoms with Crippen molar-refractivity contribution in [2.75, 3.05) is 0 Å². The normalized spacial score (nSPS) is 10.4. The highest BCUT2D eigenvalue weighted by Gasteiger charge is 2.26. The van der Waals surface area contributed by atoms with Crippen molar-refractivity contribution < 1.29 is 28.6 Å². The van der Waals surface area contributed by atoms with Crippen molar-refractivity contribution in [2.24, 2.45) is 0 Å². The Morgan fingerprint density at radius 1 is 1.29 bits per heavy atom. The number of carboxylic acids is 2. The van der Waals surface area contributed by atoms with Crippen LogP contribution in [0.2, 0.25) is 5.22 Å². The lowest BCUT2D eigenvalue weighted by Gasteiger charge is -1.88. The van der Waals surface area contributed by atoms with Gasteiger partial charge in [-0.2, -0.15) is 0 Å². The first-order valence-corrected chi connectivity index (χ1v) is 4.59. The fourth-order valence-electron chi connectivity index (χ4n) is 1.17. The minimum absolute atomic E-state index is 0.0693. The maximum absolute atomic E-state index is 10.8. The van der Waals surface area contributed by atoms with Gasteiger partial charge in [0.15, 0.2) is 0 Å². The Bertz CT molecular complexity index is 567. The quantitative estimate of drug-likeness (QED) is 0.864. The Labute approximate surface area is 98.2 Å². The molecule has 8 heteroatoms. The van der Waals surface area contributed by atoms with Gasteiger partial charge in [-0.3, -0.25) is 0 Å². The van der Waals surface area contributed by atoms with Crippen molar-refractivity contribution in [3.8, 4) is 11.5 Å². The largest absolute Gasteiger partial charge is 0.476 e. The van der Waals surface area contributed by atoms with Crippen molar-refractivity contribution in [1.29, 1.82) is 0 Å². The third kappa shape index (κ3) is 1.87. The second-order valence-corrected chi connectivity index (χ2v) is 3.26. The van der Waals surface area contributed by atoms with Crippen molar-refractivity contribution in [3.63, 3.8) is 0 Å². The molecule has 0 bridgehead atoms. The monoisotopic (exact) mass is 257 g/mol. The number of carboxylic acid groups (broad SMARTS) is 2. The van der Waals surface area contributed by atoms with Gasteiger partial charge in [0.2, 0.25) is 22.6 Å². The molecule has 0 aliphatic heterocycles. The fraction of sp³-hybridized carbons (Fsp3) is 0. The van der Waals surface area contributed by atoms with Crippen molar-refractivity contribution in [2.45, 2.75) is 0 Å². The summed E-state index contributed by atoms with van der Waals surface area (Å²) < 4.78 is 9.59. The predicted octanol–water partition coefficient (Wildman–Crippen LogP) is 1.98. The fourth-order valence-corrected chi connectivity index (χ4v) is 1.37. The van der Waals surface area contributed by atoms with Crippen LogP contribution in [-0.2, 0) is 0 Å². The molecule has 0 unspecified atom stereocenters. The van der Waals surface area contributed by atoms with Crippen molar-refractivity contribution in [1.82, 2.24) is 4.98 Å². The third-order valence-corrected chi connectivity index (χ3v) is 2.17. The Morgan fingerprint density at radius 2 is 2.00 bits per heavy atom. The van der Waals surface area contributed by atoms with E-state index in [1.807, 2.05) is 0 Å². The van der Waals surface area contributed by atoms with Crippen LogP contribution in [0.1, 0.15) is 21.0 Å². The van der Waals surface area contributed by atoms with Crippen molar-refractivity contribution >= 4 is 23.5 Å². The molecule has 2 N–H and O–H groups in total. The van der Waals surface area contributed by atoms with Crippen LogP contribution >= 0.6 is 11.6 Å². The smallest absolute Gasteiger partial charge is 0.374 e. The van der Waals surface area contributed by atoms with Gasteiger partial charge in [0, 0.05) is 0 Å². The molecule has 0 amide bonds. The number of nitrogens with zero attached hydrogens (tertiary/aromatic N) is 1. The van der Waals surface area contributed by atoms with Gasteiger partial charge < -0.3 is 19.0 Å². The Hall–Kier alpha value is -2.28. The zero-order valence-electron chi connectivity index (χ0n) is 8.01. The van der Waals surface area contributed by atoms with E-state index in [2.05, 4.69) is 4.98 Å². The minimum Gasteiger partial charge on any atom is -0.476 e. The van der Waals surface area contributed by atoms with E-state index in [0.717, 1.165) is 0 Å². The number of carbonyl (C=O) groups is 2. The molecular weight excluding hydrogens is 254 g/mol. The summed E-state index contributed by atoms with van der Waals surface area (Å²) in [5, 5.41) is 17.4. The standard InChI is InChI=1S/C9H4ClNO6/c10-6-3(1-2-16-6)7-11-4(8(12)13)5(17-7)9(14)15/h1-2H,(H,12,13)(H,14,15). The molecule has 0 aliphatic carbocycles. The summed E-state index contributed by atoms with van der Waals surface area (Å²) in [6.07, 6.45) is 1.24. The molecule has 0 radical (unpaired) electrons. The summed E-state index contributed by atoms with van der Waals surface area (Å²) in [7, 11) is 0. The average molecular weight is 258 g/mol. The molecule has 0 saturated carbocycles. The van der Waals surface area contributed by atoms with Gasteiger partial charge in [-0.1, -0.05) is 0 Å². The topological polar surface area (TPSA) is 114 Å². The minimum atomic E-state index is -1.53. The van der Waals surface area contributed by atoms with E-state index in [9.17, 15) is 9.59 Å². The molecule has 2 aromatic heterocycles. The highest BCUT2D eigenvalue weighted by molar-refractivity contribution is 6.31. The van der Waals surface area contributed by atoms with E-state index in [1.54, 1.807) is 0 Å². The van der Waals surface area contributed by atoms with Crippen LogP contribution in [0.25, 0.3) is 11.5 Å². The maximum atomic E-state index is 10.8. The van der Waals surface area contributed by atoms with E-state index < -0.39 is 23.4 Å². The molecule has 88 valence electrons. The van der Waals surface area contributed by atoms with Gasteiger partial charge in [0.25, 0.3) is 0 Å². The number of hydrogen-bond acceptors (Lipinski definition) is 5. The first-order chi connectivity index (χ1) is 8.00. The van der Waals surface area contributed by atoms with Crippen LogP contribution in [0.4, 0.5) is 0 Å². The molecule has 0 saturated heterocycles. The van der Waals surface area contributed by atoms with E-state index in [0.29, 0.717) is 0 Å². The van der Waals surface area contributed by atoms with E-state index in [4.69, 9.17) is 30.6 Å². The number of halogens is 1. The zero-order chi connectivity index (χ0) is 12.6. The molecule has 17 heavy (non-hydrogen) atoms. The molecule has 0 fully saturated rings. The molecule has 0 spiro atoms. The van der Waals surface area contributed by atoms with Crippen LogP contribution in [0.15, 0.2) is 21.2 Å². The number of rotatable bonds is 3. The van der Waals surface area contributed by atoms with Crippen molar-refractivity contribution in [3.05, 3.63) is 29.0 Å². The Morgan fingerprint density at radius 3 is 2.41 bits per heavy atom. The highest BCUT2D eigenvalue weighted by atomic mass is 35.5. The average Bonchev–Trinajstić information content (AvgIpc) is 2.82. The molecular formula is C9H4ClNO6. The second-order valence-electron chi connectivity index (χ2n) is 2.92. The molecule has 2 rings (SSSR count). The maximum Gasteiger partial charge on any atom is 0.374 e. The number of aromatic nitrogens is 1. The van der Waals surface area contributed by atoms with Crippen LogP contribution < -0.4 is 0 Å². The van der Waals surface area contributed by atoms with E-state index >= 15 is 0 Å². The van der Waals surface area contributed by atoms with E-state index in [-0.39, 0.29) is 16.7 Å².